The summed E-state index contributed by atoms with van der Waals surface area (Å²) in [4.78, 5) is 16.7. The number of anilines is 1. The maximum Gasteiger partial charge on any atom is 0.252 e. The lowest BCUT2D eigenvalue weighted by Crippen LogP contribution is -2.25. The van der Waals surface area contributed by atoms with Crippen LogP contribution in [-0.4, -0.2) is 33.6 Å². The van der Waals surface area contributed by atoms with E-state index in [1.807, 2.05) is 47.2 Å². The maximum atomic E-state index is 12.0. The number of hydrogen-bond acceptors (Lipinski definition) is 5. The van der Waals surface area contributed by atoms with E-state index in [0.29, 0.717) is 29.3 Å². The number of rotatable bonds is 7. The standard InChI is InChI=1S/C20H17BrClN5OS/c21-15-11-25-27-18(23-7-3-8-24-20(28)13-6-9-29-12-13)10-17(26-19(15)27)14-4-1-2-5-16(14)22/h1-2,4-6,9-12,23H,3,7-8H2,(H,24,28). The molecule has 1 amide bonds. The van der Waals surface area contributed by atoms with E-state index in [0.717, 1.165) is 28.0 Å². The van der Waals surface area contributed by atoms with E-state index in [4.69, 9.17) is 16.6 Å². The Morgan fingerprint density at radius 3 is 2.90 bits per heavy atom. The molecule has 0 atom stereocenters. The van der Waals surface area contributed by atoms with E-state index in [9.17, 15) is 4.79 Å². The van der Waals surface area contributed by atoms with Crippen LogP contribution in [0, 0.1) is 0 Å². The van der Waals surface area contributed by atoms with Crippen molar-refractivity contribution in [3.05, 3.63) is 68.4 Å². The third kappa shape index (κ3) is 4.44. The van der Waals surface area contributed by atoms with E-state index in [1.165, 1.54) is 11.3 Å². The molecule has 0 spiro atoms. The fourth-order valence-corrected chi connectivity index (χ4v) is 4.09. The number of carbonyl (C=O) groups is 1. The molecule has 0 radical (unpaired) electrons. The van der Waals surface area contributed by atoms with Crippen LogP contribution in [0.5, 0.6) is 0 Å². The molecule has 0 aliphatic rings. The highest BCUT2D eigenvalue weighted by Gasteiger charge is 2.13. The largest absolute Gasteiger partial charge is 0.370 e. The molecular formula is C20H17BrClN5OS. The van der Waals surface area contributed by atoms with Crippen LogP contribution in [0.25, 0.3) is 16.9 Å². The first kappa shape index (κ1) is 19.9. The van der Waals surface area contributed by atoms with Crippen molar-refractivity contribution in [1.82, 2.24) is 19.9 Å². The number of fused-ring (bicyclic) bond motifs is 1. The molecule has 9 heteroatoms. The minimum atomic E-state index is -0.0467. The Labute approximate surface area is 185 Å². The van der Waals surface area contributed by atoms with Gasteiger partial charge in [-0.2, -0.15) is 21.0 Å². The van der Waals surface area contributed by atoms with E-state index in [2.05, 4.69) is 31.7 Å². The zero-order valence-electron chi connectivity index (χ0n) is 15.2. The first-order chi connectivity index (χ1) is 14.1. The van der Waals surface area contributed by atoms with Gasteiger partial charge in [-0.25, -0.2) is 4.98 Å². The van der Waals surface area contributed by atoms with E-state index >= 15 is 0 Å². The molecule has 4 rings (SSSR count). The van der Waals surface area contributed by atoms with Crippen molar-refractivity contribution in [2.45, 2.75) is 6.42 Å². The lowest BCUT2D eigenvalue weighted by molar-refractivity contribution is 0.0954. The van der Waals surface area contributed by atoms with Gasteiger partial charge in [-0.15, -0.1) is 0 Å². The average Bonchev–Trinajstić information content (AvgIpc) is 3.38. The molecule has 0 saturated carbocycles. The van der Waals surface area contributed by atoms with Gasteiger partial charge in [0.2, 0.25) is 0 Å². The summed E-state index contributed by atoms with van der Waals surface area (Å²) in [6.07, 6.45) is 2.48. The van der Waals surface area contributed by atoms with Crippen LogP contribution in [0.1, 0.15) is 16.8 Å². The molecule has 3 heterocycles. The zero-order chi connectivity index (χ0) is 20.2. The van der Waals surface area contributed by atoms with Gasteiger partial charge in [0.05, 0.1) is 16.4 Å². The van der Waals surface area contributed by atoms with E-state index in [1.54, 1.807) is 10.7 Å². The number of thiophene rings is 1. The maximum absolute atomic E-state index is 12.0. The first-order valence-corrected chi connectivity index (χ1v) is 11.1. The minimum Gasteiger partial charge on any atom is -0.370 e. The van der Waals surface area contributed by atoms with Gasteiger partial charge in [-0.3, -0.25) is 4.79 Å². The smallest absolute Gasteiger partial charge is 0.252 e. The number of aromatic nitrogens is 3. The van der Waals surface area contributed by atoms with Crippen molar-refractivity contribution in [1.29, 1.82) is 0 Å². The van der Waals surface area contributed by atoms with Gasteiger partial charge >= 0.3 is 0 Å². The Kier molecular flexibility index (Phi) is 6.13. The molecule has 0 unspecified atom stereocenters. The quantitative estimate of drug-likeness (QED) is 0.353. The molecule has 29 heavy (non-hydrogen) atoms. The number of halogens is 2. The molecule has 0 bridgehead atoms. The molecule has 148 valence electrons. The average molecular weight is 491 g/mol. The Balaban J connectivity index is 1.47. The van der Waals surface area contributed by atoms with Crippen LogP contribution in [0.15, 0.2) is 57.8 Å². The first-order valence-electron chi connectivity index (χ1n) is 8.97. The predicted molar refractivity (Wildman–Crippen MR) is 121 cm³/mol. The molecule has 0 saturated heterocycles. The van der Waals surface area contributed by atoms with Gasteiger partial charge in [-0.1, -0.05) is 29.8 Å². The Bertz CT molecular complexity index is 1150. The summed E-state index contributed by atoms with van der Waals surface area (Å²) in [6, 6.07) is 11.4. The van der Waals surface area contributed by atoms with Gasteiger partial charge in [-0.05, 0) is 39.9 Å². The van der Waals surface area contributed by atoms with Gasteiger partial charge in [0, 0.05) is 40.7 Å². The fraction of sp³-hybridized carbons (Fsp3) is 0.150. The Morgan fingerprint density at radius 1 is 1.24 bits per heavy atom. The number of nitrogens with zero attached hydrogens (tertiary/aromatic N) is 3. The van der Waals surface area contributed by atoms with Crippen LogP contribution < -0.4 is 10.6 Å². The second-order valence-electron chi connectivity index (χ2n) is 6.28. The van der Waals surface area contributed by atoms with Crippen LogP contribution in [0.2, 0.25) is 5.02 Å². The Morgan fingerprint density at radius 2 is 2.10 bits per heavy atom. The van der Waals surface area contributed by atoms with Crippen LogP contribution in [-0.2, 0) is 0 Å². The molecule has 4 aromatic rings. The molecular weight excluding hydrogens is 474 g/mol. The molecule has 1 aromatic carbocycles. The molecule has 0 aliphatic heterocycles. The Hall–Kier alpha value is -2.42. The molecule has 3 aromatic heterocycles. The summed E-state index contributed by atoms with van der Waals surface area (Å²) in [6.45, 7) is 1.25. The van der Waals surface area contributed by atoms with Crippen molar-refractivity contribution >= 4 is 56.2 Å². The highest BCUT2D eigenvalue weighted by Crippen LogP contribution is 2.30. The summed E-state index contributed by atoms with van der Waals surface area (Å²) < 4.78 is 2.55. The van der Waals surface area contributed by atoms with Crippen molar-refractivity contribution in [2.75, 3.05) is 18.4 Å². The van der Waals surface area contributed by atoms with Crippen molar-refractivity contribution < 1.29 is 4.79 Å². The summed E-state index contributed by atoms with van der Waals surface area (Å²) in [5.74, 6) is 0.759. The fourth-order valence-electron chi connectivity index (χ4n) is 2.87. The normalized spacial score (nSPS) is 11.0. The summed E-state index contributed by atoms with van der Waals surface area (Å²) in [5, 5.41) is 15.1. The SMILES string of the molecule is O=C(NCCCNc1cc(-c2ccccc2Cl)nc2c(Br)cnn12)c1ccsc1. The van der Waals surface area contributed by atoms with Gasteiger partial charge < -0.3 is 10.6 Å². The molecule has 0 fully saturated rings. The number of hydrogen-bond donors (Lipinski definition) is 2. The number of nitrogens with one attached hydrogen (secondary N) is 2. The van der Waals surface area contributed by atoms with Crippen molar-refractivity contribution in [3.8, 4) is 11.3 Å². The van der Waals surface area contributed by atoms with E-state index < -0.39 is 0 Å². The zero-order valence-corrected chi connectivity index (χ0v) is 18.4. The predicted octanol–water partition coefficient (Wildman–Crippen LogP) is 5.11. The number of amides is 1. The lowest BCUT2D eigenvalue weighted by Gasteiger charge is -2.12. The molecule has 0 aliphatic carbocycles. The molecule has 6 nitrogen and oxygen atoms in total. The van der Waals surface area contributed by atoms with E-state index in [-0.39, 0.29) is 5.91 Å². The van der Waals surface area contributed by atoms with Crippen LogP contribution in [0.4, 0.5) is 5.82 Å². The highest BCUT2D eigenvalue weighted by molar-refractivity contribution is 9.10. The second kappa shape index (κ2) is 8.94. The number of benzene rings is 1. The third-order valence-corrected chi connectivity index (χ3v) is 5.88. The van der Waals surface area contributed by atoms with Crippen LogP contribution >= 0.6 is 38.9 Å². The van der Waals surface area contributed by atoms with Crippen molar-refractivity contribution in [2.24, 2.45) is 0 Å². The van der Waals surface area contributed by atoms with Gasteiger partial charge in [0.15, 0.2) is 5.65 Å². The topological polar surface area (TPSA) is 71.3 Å². The lowest BCUT2D eigenvalue weighted by atomic mass is 10.1. The monoisotopic (exact) mass is 489 g/mol. The summed E-state index contributed by atoms with van der Waals surface area (Å²) >= 11 is 11.4. The summed E-state index contributed by atoms with van der Waals surface area (Å²) in [7, 11) is 0. The summed E-state index contributed by atoms with van der Waals surface area (Å²) in [5.41, 5.74) is 3.02. The van der Waals surface area contributed by atoms with Gasteiger partial charge in [0.1, 0.15) is 5.82 Å². The highest BCUT2D eigenvalue weighted by atomic mass is 79.9. The second-order valence-corrected chi connectivity index (χ2v) is 8.32. The molecule has 2 N–H and O–H groups in total. The van der Waals surface area contributed by atoms with Crippen molar-refractivity contribution in [3.63, 3.8) is 0 Å². The minimum absolute atomic E-state index is 0.0467. The number of carbonyl (C=O) groups excluding carboxylic acids is 1. The third-order valence-electron chi connectivity index (χ3n) is 4.31. The van der Waals surface area contributed by atoms with Gasteiger partial charge in [0.25, 0.3) is 5.91 Å². The van der Waals surface area contributed by atoms with Crippen LogP contribution in [0.3, 0.4) is 0 Å².